The quantitative estimate of drug-likeness (QED) is 0.266. The number of nitrogens with zero attached hydrogens (tertiary/aromatic N) is 1. The molecule has 160 valence electrons. The third kappa shape index (κ3) is 12.4. The molecule has 1 aromatic rings. The molecule has 0 spiro atoms. The van der Waals surface area contributed by atoms with Crippen molar-refractivity contribution in [3.63, 3.8) is 0 Å². The molecule has 0 aromatic heterocycles. The highest BCUT2D eigenvalue weighted by Crippen LogP contribution is 2.16. The van der Waals surface area contributed by atoms with E-state index in [1.165, 1.54) is 0 Å². The summed E-state index contributed by atoms with van der Waals surface area (Å²) < 4.78 is 80.9. The minimum absolute atomic E-state index is 0.0264. The molecule has 0 heterocycles. The van der Waals surface area contributed by atoms with E-state index in [0.29, 0.717) is 31.0 Å². The lowest BCUT2D eigenvalue weighted by molar-refractivity contribution is -0.176. The molecule has 11 heteroatoms. The highest BCUT2D eigenvalue weighted by molar-refractivity contribution is 5.79. The van der Waals surface area contributed by atoms with Gasteiger partial charge in [0.1, 0.15) is 13.2 Å². The Labute approximate surface area is 159 Å². The van der Waals surface area contributed by atoms with Crippen LogP contribution in [0, 0.1) is 0 Å². The number of nitrogens with one attached hydrogen (secondary N) is 2. The number of rotatable bonds is 10. The van der Waals surface area contributed by atoms with Crippen LogP contribution >= 0.6 is 0 Å². The summed E-state index contributed by atoms with van der Waals surface area (Å²) in [5.74, 6) is 0.466. The molecular weight excluding hydrogens is 392 g/mol. The zero-order valence-corrected chi connectivity index (χ0v) is 15.3. The summed E-state index contributed by atoms with van der Waals surface area (Å²) in [7, 11) is 1.55. The van der Waals surface area contributed by atoms with Crippen molar-refractivity contribution in [3.8, 4) is 0 Å². The van der Waals surface area contributed by atoms with E-state index in [9.17, 15) is 26.3 Å². The van der Waals surface area contributed by atoms with E-state index >= 15 is 0 Å². The summed E-state index contributed by atoms with van der Waals surface area (Å²) in [4.78, 5) is 3.99. The van der Waals surface area contributed by atoms with Crippen molar-refractivity contribution in [1.29, 1.82) is 0 Å². The summed E-state index contributed by atoms with van der Waals surface area (Å²) in [6, 6.07) is 6.83. The minimum atomic E-state index is -4.35. The third-order valence-electron chi connectivity index (χ3n) is 3.26. The van der Waals surface area contributed by atoms with Gasteiger partial charge in [-0.25, -0.2) is 0 Å². The Morgan fingerprint density at radius 3 is 2.04 bits per heavy atom. The van der Waals surface area contributed by atoms with Crippen molar-refractivity contribution in [3.05, 3.63) is 35.4 Å². The molecule has 0 amide bonds. The normalized spacial score (nSPS) is 12.9. The second-order valence-corrected chi connectivity index (χ2v) is 5.80. The van der Waals surface area contributed by atoms with Crippen LogP contribution in [0.2, 0.25) is 0 Å². The van der Waals surface area contributed by atoms with Crippen LogP contribution in [0.3, 0.4) is 0 Å². The number of ether oxygens (including phenoxy) is 2. The summed E-state index contributed by atoms with van der Waals surface area (Å²) in [6.07, 6.45) is -8.30. The number of hydrogen-bond acceptors (Lipinski definition) is 3. The van der Waals surface area contributed by atoms with Gasteiger partial charge in [0.2, 0.25) is 0 Å². The van der Waals surface area contributed by atoms with Gasteiger partial charge in [0.05, 0.1) is 6.61 Å². The monoisotopic (exact) mass is 415 g/mol. The van der Waals surface area contributed by atoms with Crippen LogP contribution in [0.25, 0.3) is 0 Å². The molecule has 0 atom stereocenters. The largest absolute Gasteiger partial charge is 0.411 e. The van der Waals surface area contributed by atoms with E-state index < -0.39 is 25.6 Å². The van der Waals surface area contributed by atoms with Crippen LogP contribution < -0.4 is 10.6 Å². The Balaban J connectivity index is 2.24. The molecular formula is C17H23F6N3O2. The van der Waals surface area contributed by atoms with E-state index in [1.807, 2.05) is 0 Å². The fourth-order valence-electron chi connectivity index (χ4n) is 2.01. The van der Waals surface area contributed by atoms with Crippen molar-refractivity contribution in [2.75, 3.05) is 33.4 Å². The topological polar surface area (TPSA) is 54.9 Å². The summed E-state index contributed by atoms with van der Waals surface area (Å²) in [6.45, 7) is -1.92. The van der Waals surface area contributed by atoms with Gasteiger partial charge in [-0.2, -0.15) is 26.3 Å². The lowest BCUT2D eigenvalue weighted by Gasteiger charge is -2.13. The number of guanidine groups is 1. The minimum Gasteiger partial charge on any atom is -0.372 e. The fourth-order valence-corrected chi connectivity index (χ4v) is 2.01. The maximum absolute atomic E-state index is 12.0. The van der Waals surface area contributed by atoms with Crippen LogP contribution in [-0.2, 0) is 22.6 Å². The Bertz CT molecular complexity index is 588. The number of aliphatic imine (C=N–C) groups is 1. The average molecular weight is 415 g/mol. The molecule has 0 aliphatic carbocycles. The van der Waals surface area contributed by atoms with Gasteiger partial charge in [0, 0.05) is 26.7 Å². The maximum atomic E-state index is 12.0. The van der Waals surface area contributed by atoms with Crippen LogP contribution in [0.15, 0.2) is 29.3 Å². The number of hydrogen-bond donors (Lipinski definition) is 2. The molecule has 5 nitrogen and oxygen atoms in total. The van der Waals surface area contributed by atoms with E-state index in [0.717, 1.165) is 5.56 Å². The molecule has 0 unspecified atom stereocenters. The highest BCUT2D eigenvalue weighted by Gasteiger charge is 2.27. The first kappa shape index (κ1) is 24.0. The van der Waals surface area contributed by atoms with E-state index in [4.69, 9.17) is 0 Å². The van der Waals surface area contributed by atoms with E-state index in [2.05, 4.69) is 25.1 Å². The zero-order valence-electron chi connectivity index (χ0n) is 15.3. The Morgan fingerprint density at radius 1 is 0.893 bits per heavy atom. The number of halogens is 6. The molecule has 0 aliphatic heterocycles. The first-order valence-corrected chi connectivity index (χ1v) is 8.40. The fraction of sp³-hybridized carbons (Fsp3) is 0.588. The Morgan fingerprint density at radius 2 is 1.46 bits per heavy atom. The Kier molecular flexibility index (Phi) is 10.1. The van der Waals surface area contributed by atoms with E-state index in [-0.39, 0.29) is 13.2 Å². The first-order valence-electron chi connectivity index (χ1n) is 8.40. The molecule has 0 radical (unpaired) electrons. The van der Waals surface area contributed by atoms with Crippen molar-refractivity contribution in [1.82, 2.24) is 10.6 Å². The van der Waals surface area contributed by atoms with Gasteiger partial charge in [-0.15, -0.1) is 0 Å². The molecule has 1 aromatic carbocycles. The summed E-state index contributed by atoms with van der Waals surface area (Å²) in [5, 5.41) is 5.96. The zero-order chi connectivity index (χ0) is 21.0. The lowest BCUT2D eigenvalue weighted by Crippen LogP contribution is -2.37. The van der Waals surface area contributed by atoms with Crippen LogP contribution in [0.1, 0.15) is 17.5 Å². The SMILES string of the molecule is CN=C(NCCCOCC(F)(F)F)NCc1ccc(COCC(F)(F)F)cc1. The highest BCUT2D eigenvalue weighted by atomic mass is 19.4. The van der Waals surface area contributed by atoms with Gasteiger partial charge in [-0.3, -0.25) is 4.99 Å². The average Bonchev–Trinajstić information content (AvgIpc) is 2.59. The van der Waals surface area contributed by atoms with Gasteiger partial charge in [0.15, 0.2) is 5.96 Å². The first-order chi connectivity index (χ1) is 13.1. The molecule has 0 bridgehead atoms. The van der Waals surface area contributed by atoms with Crippen molar-refractivity contribution in [2.45, 2.75) is 31.9 Å². The summed E-state index contributed by atoms with van der Waals surface area (Å²) >= 11 is 0. The molecule has 0 aliphatic rings. The maximum Gasteiger partial charge on any atom is 0.411 e. The molecule has 1 rings (SSSR count). The van der Waals surface area contributed by atoms with Crippen LogP contribution in [0.4, 0.5) is 26.3 Å². The van der Waals surface area contributed by atoms with Crippen molar-refractivity contribution in [2.24, 2.45) is 4.99 Å². The number of alkyl halides is 6. The second-order valence-electron chi connectivity index (χ2n) is 5.80. The molecule has 0 saturated carbocycles. The lowest BCUT2D eigenvalue weighted by atomic mass is 10.1. The predicted molar refractivity (Wildman–Crippen MR) is 91.8 cm³/mol. The smallest absolute Gasteiger partial charge is 0.372 e. The number of benzene rings is 1. The van der Waals surface area contributed by atoms with Crippen LogP contribution in [0.5, 0.6) is 0 Å². The van der Waals surface area contributed by atoms with Gasteiger partial charge in [-0.05, 0) is 17.5 Å². The van der Waals surface area contributed by atoms with Crippen molar-refractivity contribution >= 4 is 5.96 Å². The molecule has 0 saturated heterocycles. The molecule has 2 N–H and O–H groups in total. The van der Waals surface area contributed by atoms with Gasteiger partial charge in [0.25, 0.3) is 0 Å². The van der Waals surface area contributed by atoms with Crippen LogP contribution in [-0.4, -0.2) is 51.7 Å². The predicted octanol–water partition coefficient (Wildman–Crippen LogP) is 3.40. The summed E-state index contributed by atoms with van der Waals surface area (Å²) in [5.41, 5.74) is 1.49. The second kappa shape index (κ2) is 11.7. The van der Waals surface area contributed by atoms with E-state index in [1.54, 1.807) is 31.3 Å². The van der Waals surface area contributed by atoms with Gasteiger partial charge < -0.3 is 20.1 Å². The standard InChI is InChI=1S/C17H23F6N3O2/c1-24-15(25-7-2-8-27-11-16(18,19)20)26-9-13-3-5-14(6-4-13)10-28-12-17(21,22)23/h3-6H,2,7-12H2,1H3,(H2,24,25,26). The van der Waals surface area contributed by atoms with Gasteiger partial charge in [-0.1, -0.05) is 24.3 Å². The molecule has 0 fully saturated rings. The van der Waals surface area contributed by atoms with Crippen molar-refractivity contribution < 1.29 is 35.8 Å². The third-order valence-corrected chi connectivity index (χ3v) is 3.26. The Hall–Kier alpha value is -2.01. The molecule has 28 heavy (non-hydrogen) atoms. The van der Waals surface area contributed by atoms with Gasteiger partial charge >= 0.3 is 12.4 Å².